The fourth-order valence-electron chi connectivity index (χ4n) is 1.99. The summed E-state index contributed by atoms with van der Waals surface area (Å²) in [5.74, 6) is -0.652. The van der Waals surface area contributed by atoms with Crippen molar-refractivity contribution in [3.8, 4) is 0 Å². The minimum absolute atomic E-state index is 0.0907. The third-order valence-corrected chi connectivity index (χ3v) is 3.22. The molecule has 0 saturated heterocycles. The molecule has 0 radical (unpaired) electrons. The number of halogens is 1. The van der Waals surface area contributed by atoms with Crippen molar-refractivity contribution < 1.29 is 9.18 Å². The Bertz CT molecular complexity index is 596. The van der Waals surface area contributed by atoms with Crippen LogP contribution in [0.4, 0.5) is 4.39 Å². The molecule has 0 aliphatic heterocycles. The van der Waals surface area contributed by atoms with E-state index in [1.54, 1.807) is 24.3 Å². The van der Waals surface area contributed by atoms with Gasteiger partial charge in [0, 0.05) is 23.7 Å². The molecule has 0 saturated carbocycles. The van der Waals surface area contributed by atoms with E-state index < -0.39 is 5.91 Å². The summed E-state index contributed by atoms with van der Waals surface area (Å²) in [6, 6.07) is 13.7. The molecule has 0 unspecified atom stereocenters. The van der Waals surface area contributed by atoms with Crippen molar-refractivity contribution in [1.29, 1.82) is 0 Å². The van der Waals surface area contributed by atoms with Crippen molar-refractivity contribution in [2.45, 2.75) is 19.5 Å². The van der Waals surface area contributed by atoms with Crippen LogP contribution in [0.2, 0.25) is 0 Å². The van der Waals surface area contributed by atoms with Gasteiger partial charge in [0.15, 0.2) is 0 Å². The number of carbonyl (C=O) groups is 1. The highest BCUT2D eigenvalue weighted by Crippen LogP contribution is 2.16. The maximum absolute atomic E-state index is 13.6. The lowest BCUT2D eigenvalue weighted by Gasteiger charge is -2.15. The topological polar surface area (TPSA) is 55.1 Å². The van der Waals surface area contributed by atoms with Gasteiger partial charge in [-0.3, -0.25) is 4.79 Å². The number of benzene rings is 2. The van der Waals surface area contributed by atoms with E-state index in [0.29, 0.717) is 17.7 Å². The molecule has 0 spiro atoms. The van der Waals surface area contributed by atoms with Gasteiger partial charge in [-0.25, -0.2) is 4.39 Å². The van der Waals surface area contributed by atoms with Gasteiger partial charge in [0.2, 0.25) is 5.91 Å². The largest absolute Gasteiger partial charge is 0.366 e. The van der Waals surface area contributed by atoms with E-state index >= 15 is 0 Å². The molecule has 1 atom stereocenters. The molecule has 4 heteroatoms. The van der Waals surface area contributed by atoms with Crippen molar-refractivity contribution in [2.75, 3.05) is 0 Å². The third kappa shape index (κ3) is 3.42. The fourth-order valence-corrected chi connectivity index (χ4v) is 1.99. The standard InChI is InChI=1S/C16H17FN2O/c1-11(14-4-2-3-5-15(14)17)19-10-12-6-8-13(9-7-12)16(18)20/h2-9,11,19H,10H2,1H3,(H2,18,20)/t11-/m1/s1. The number of primary amides is 1. The summed E-state index contributed by atoms with van der Waals surface area (Å²) in [6.45, 7) is 2.50. The third-order valence-electron chi connectivity index (χ3n) is 3.22. The predicted molar refractivity (Wildman–Crippen MR) is 76.6 cm³/mol. The molecular formula is C16H17FN2O. The number of nitrogens with one attached hydrogen (secondary N) is 1. The van der Waals surface area contributed by atoms with Crippen LogP contribution in [0.15, 0.2) is 48.5 Å². The second-order valence-electron chi connectivity index (χ2n) is 4.69. The minimum atomic E-state index is -0.441. The van der Waals surface area contributed by atoms with Crippen LogP contribution in [-0.4, -0.2) is 5.91 Å². The zero-order valence-electron chi connectivity index (χ0n) is 11.3. The van der Waals surface area contributed by atoms with E-state index in [1.165, 1.54) is 6.07 Å². The summed E-state index contributed by atoms with van der Waals surface area (Å²) >= 11 is 0. The molecule has 2 aromatic carbocycles. The van der Waals surface area contributed by atoms with Gasteiger partial charge in [-0.1, -0.05) is 30.3 Å². The average molecular weight is 272 g/mol. The zero-order chi connectivity index (χ0) is 14.5. The molecule has 104 valence electrons. The maximum atomic E-state index is 13.6. The Hall–Kier alpha value is -2.20. The minimum Gasteiger partial charge on any atom is -0.366 e. The summed E-state index contributed by atoms with van der Waals surface area (Å²) in [5.41, 5.74) is 7.32. The first-order valence-corrected chi connectivity index (χ1v) is 6.44. The molecule has 2 aromatic rings. The molecule has 3 nitrogen and oxygen atoms in total. The molecule has 20 heavy (non-hydrogen) atoms. The maximum Gasteiger partial charge on any atom is 0.248 e. The lowest BCUT2D eigenvalue weighted by molar-refractivity contribution is 0.100. The Labute approximate surface area is 117 Å². The van der Waals surface area contributed by atoms with Crippen LogP contribution in [0.3, 0.4) is 0 Å². The number of carbonyl (C=O) groups excluding carboxylic acids is 1. The molecular weight excluding hydrogens is 255 g/mol. The van der Waals surface area contributed by atoms with Gasteiger partial charge < -0.3 is 11.1 Å². The number of amides is 1. The van der Waals surface area contributed by atoms with Gasteiger partial charge in [0.25, 0.3) is 0 Å². The summed E-state index contributed by atoms with van der Waals surface area (Å²) in [6.07, 6.45) is 0. The molecule has 2 rings (SSSR count). The van der Waals surface area contributed by atoms with Gasteiger partial charge in [-0.05, 0) is 30.7 Å². The van der Waals surface area contributed by atoms with Gasteiger partial charge in [0.05, 0.1) is 0 Å². The Balaban J connectivity index is 1.98. The first kappa shape index (κ1) is 14.2. The van der Waals surface area contributed by atoms with Crippen molar-refractivity contribution in [3.05, 3.63) is 71.0 Å². The summed E-state index contributed by atoms with van der Waals surface area (Å²) in [4.78, 5) is 11.0. The van der Waals surface area contributed by atoms with Crippen LogP contribution in [0.5, 0.6) is 0 Å². The number of hydrogen-bond acceptors (Lipinski definition) is 2. The SMILES string of the molecule is C[C@@H](NCc1ccc(C(N)=O)cc1)c1ccccc1F. The van der Waals surface area contributed by atoms with Crippen LogP contribution < -0.4 is 11.1 Å². The van der Waals surface area contributed by atoms with Crippen molar-refractivity contribution >= 4 is 5.91 Å². The monoisotopic (exact) mass is 272 g/mol. The van der Waals surface area contributed by atoms with E-state index in [0.717, 1.165) is 5.56 Å². The smallest absolute Gasteiger partial charge is 0.248 e. The Morgan fingerprint density at radius 1 is 1.20 bits per heavy atom. The second kappa shape index (κ2) is 6.30. The van der Waals surface area contributed by atoms with E-state index in [2.05, 4.69) is 5.32 Å². The first-order valence-electron chi connectivity index (χ1n) is 6.44. The van der Waals surface area contributed by atoms with Crippen LogP contribution in [0.1, 0.15) is 34.5 Å². The molecule has 0 bridgehead atoms. The van der Waals surface area contributed by atoms with Gasteiger partial charge in [-0.15, -0.1) is 0 Å². The molecule has 0 fully saturated rings. The highest BCUT2D eigenvalue weighted by molar-refractivity contribution is 5.92. The van der Waals surface area contributed by atoms with Gasteiger partial charge in [-0.2, -0.15) is 0 Å². The highest BCUT2D eigenvalue weighted by Gasteiger charge is 2.09. The van der Waals surface area contributed by atoms with E-state index in [-0.39, 0.29) is 11.9 Å². The molecule has 0 aliphatic rings. The van der Waals surface area contributed by atoms with E-state index in [9.17, 15) is 9.18 Å². The van der Waals surface area contributed by atoms with Crippen LogP contribution in [0, 0.1) is 5.82 Å². The number of nitrogens with two attached hydrogens (primary N) is 1. The predicted octanol–water partition coefficient (Wildman–Crippen LogP) is 2.78. The zero-order valence-corrected chi connectivity index (χ0v) is 11.3. The van der Waals surface area contributed by atoms with Gasteiger partial charge in [0.1, 0.15) is 5.82 Å². The average Bonchev–Trinajstić information content (AvgIpc) is 2.45. The number of hydrogen-bond donors (Lipinski definition) is 2. The van der Waals surface area contributed by atoms with Crippen LogP contribution in [0.25, 0.3) is 0 Å². The first-order chi connectivity index (χ1) is 9.58. The molecule has 0 heterocycles. The summed E-state index contributed by atoms with van der Waals surface area (Å²) in [5, 5.41) is 3.25. The molecule has 0 aliphatic carbocycles. The molecule has 0 aromatic heterocycles. The van der Waals surface area contributed by atoms with Crippen molar-refractivity contribution in [3.63, 3.8) is 0 Å². The van der Waals surface area contributed by atoms with Gasteiger partial charge >= 0.3 is 0 Å². The molecule has 1 amide bonds. The number of rotatable bonds is 5. The molecule has 3 N–H and O–H groups in total. The lowest BCUT2D eigenvalue weighted by atomic mass is 10.1. The normalized spacial score (nSPS) is 12.1. The second-order valence-corrected chi connectivity index (χ2v) is 4.69. The Morgan fingerprint density at radius 2 is 1.85 bits per heavy atom. The van der Waals surface area contributed by atoms with Crippen molar-refractivity contribution in [2.24, 2.45) is 5.73 Å². The van der Waals surface area contributed by atoms with Crippen molar-refractivity contribution in [1.82, 2.24) is 5.32 Å². The Morgan fingerprint density at radius 3 is 2.45 bits per heavy atom. The quantitative estimate of drug-likeness (QED) is 0.879. The van der Waals surface area contributed by atoms with E-state index in [1.807, 2.05) is 25.1 Å². The summed E-state index contributed by atoms with van der Waals surface area (Å²) < 4.78 is 13.6. The fraction of sp³-hybridized carbons (Fsp3) is 0.188. The van der Waals surface area contributed by atoms with Crippen LogP contribution in [-0.2, 0) is 6.54 Å². The van der Waals surface area contributed by atoms with E-state index in [4.69, 9.17) is 5.73 Å². The summed E-state index contributed by atoms with van der Waals surface area (Å²) in [7, 11) is 0. The Kier molecular flexibility index (Phi) is 4.48. The highest BCUT2D eigenvalue weighted by atomic mass is 19.1. The lowest BCUT2D eigenvalue weighted by Crippen LogP contribution is -2.19. The van der Waals surface area contributed by atoms with Crippen LogP contribution >= 0.6 is 0 Å².